The Labute approximate surface area is 179 Å². The molecule has 152 valence electrons. The van der Waals surface area contributed by atoms with Crippen LogP contribution in [0.2, 0.25) is 0 Å². The van der Waals surface area contributed by atoms with E-state index in [0.717, 1.165) is 21.8 Å². The number of hydrogen-bond acceptors (Lipinski definition) is 4. The Morgan fingerprint density at radius 2 is 1.71 bits per heavy atom. The summed E-state index contributed by atoms with van der Waals surface area (Å²) in [6.45, 7) is 0. The van der Waals surface area contributed by atoms with Crippen LogP contribution in [-0.2, 0) is 9.53 Å². The molecule has 3 aromatic carbocycles. The average Bonchev–Trinajstić information content (AvgIpc) is 3.20. The predicted molar refractivity (Wildman–Crippen MR) is 121 cm³/mol. The summed E-state index contributed by atoms with van der Waals surface area (Å²) >= 11 is 0. The number of ether oxygens (including phenoxy) is 1. The second kappa shape index (κ2) is 8.17. The van der Waals surface area contributed by atoms with Crippen LogP contribution in [0.15, 0.2) is 72.3 Å². The number of fused-ring (bicyclic) bond motifs is 3. The molecule has 0 atom stereocenters. The van der Waals surface area contributed by atoms with Crippen molar-refractivity contribution in [3.63, 3.8) is 0 Å². The van der Waals surface area contributed by atoms with Gasteiger partial charge in [-0.2, -0.15) is 5.26 Å². The monoisotopic (exact) mass is 409 g/mol. The summed E-state index contributed by atoms with van der Waals surface area (Å²) in [7, 11) is 2.94. The molecule has 6 nitrogen and oxygen atoms in total. The van der Waals surface area contributed by atoms with Crippen LogP contribution in [0, 0.1) is 11.3 Å². The highest BCUT2D eigenvalue weighted by atomic mass is 16.5. The summed E-state index contributed by atoms with van der Waals surface area (Å²) in [4.78, 5) is 29.8. The molecule has 1 N–H and O–H groups in total. The maximum absolute atomic E-state index is 13.3. The normalized spacial score (nSPS) is 11.3. The van der Waals surface area contributed by atoms with E-state index in [9.17, 15) is 9.59 Å². The topological polar surface area (TPSA) is 86.2 Å². The van der Waals surface area contributed by atoms with Crippen molar-refractivity contribution in [1.82, 2.24) is 4.98 Å². The lowest BCUT2D eigenvalue weighted by molar-refractivity contribution is -0.135. The van der Waals surface area contributed by atoms with Gasteiger partial charge in [-0.05, 0) is 35.9 Å². The molecule has 1 aromatic heterocycles. The van der Waals surface area contributed by atoms with Crippen molar-refractivity contribution >= 4 is 45.4 Å². The van der Waals surface area contributed by atoms with E-state index < -0.39 is 5.97 Å². The Morgan fingerprint density at radius 3 is 2.42 bits per heavy atom. The molecule has 1 heterocycles. The number of rotatable bonds is 4. The highest BCUT2D eigenvalue weighted by Crippen LogP contribution is 2.29. The van der Waals surface area contributed by atoms with Gasteiger partial charge in [-0.15, -0.1) is 0 Å². The number of nitrogens with one attached hydrogen (secondary N) is 1. The van der Waals surface area contributed by atoms with E-state index in [1.807, 2.05) is 48.5 Å². The summed E-state index contributed by atoms with van der Waals surface area (Å²) in [6.07, 6.45) is 1.45. The number of nitriles is 1. The van der Waals surface area contributed by atoms with Gasteiger partial charge in [0.25, 0.3) is 5.91 Å². The Hall–Kier alpha value is -4.37. The number of benzene rings is 3. The number of carbonyl (C=O) groups is 2. The van der Waals surface area contributed by atoms with Gasteiger partial charge in [0, 0.05) is 29.0 Å². The number of carbonyl (C=O) groups excluding carboxylic acids is 2. The van der Waals surface area contributed by atoms with Gasteiger partial charge in [0.15, 0.2) is 0 Å². The standard InChI is InChI=1S/C25H19N3O3/c1-28(18-12-10-16(11-13-18)14-17(15-26)25(30)31-2)24(29)21-8-5-7-20-19-6-3-4-9-22(19)27-23(20)21/h3-14,27H,1-2H3/b17-14+. The van der Waals surface area contributed by atoms with Crippen molar-refractivity contribution in [1.29, 1.82) is 5.26 Å². The number of esters is 1. The number of methoxy groups -OCH3 is 1. The van der Waals surface area contributed by atoms with E-state index >= 15 is 0 Å². The number of aromatic nitrogens is 1. The van der Waals surface area contributed by atoms with Crippen LogP contribution in [-0.4, -0.2) is 31.0 Å². The first-order valence-corrected chi connectivity index (χ1v) is 9.61. The van der Waals surface area contributed by atoms with Crippen LogP contribution >= 0.6 is 0 Å². The maximum Gasteiger partial charge on any atom is 0.348 e. The van der Waals surface area contributed by atoms with Crippen molar-refractivity contribution in [3.05, 3.63) is 83.4 Å². The molecule has 0 radical (unpaired) electrons. The summed E-state index contributed by atoms with van der Waals surface area (Å²) in [5.74, 6) is -0.835. The van der Waals surface area contributed by atoms with Crippen molar-refractivity contribution in [2.45, 2.75) is 0 Å². The Morgan fingerprint density at radius 1 is 1.00 bits per heavy atom. The molecule has 0 saturated carbocycles. The molecule has 0 aliphatic rings. The SMILES string of the molecule is COC(=O)/C(C#N)=C/c1ccc(N(C)C(=O)c2cccc3c2[nH]c2ccccc23)cc1. The Kier molecular flexibility index (Phi) is 5.25. The first kappa shape index (κ1) is 19.9. The molecule has 0 bridgehead atoms. The molecule has 0 aliphatic heterocycles. The van der Waals surface area contributed by atoms with E-state index in [1.54, 1.807) is 36.2 Å². The van der Waals surface area contributed by atoms with Crippen molar-refractivity contribution < 1.29 is 14.3 Å². The van der Waals surface area contributed by atoms with Crippen LogP contribution < -0.4 is 4.90 Å². The molecular formula is C25H19N3O3. The molecule has 6 heteroatoms. The van der Waals surface area contributed by atoms with Crippen molar-refractivity contribution in [3.8, 4) is 6.07 Å². The van der Waals surface area contributed by atoms with E-state index in [4.69, 9.17) is 5.26 Å². The number of aromatic amines is 1. The summed E-state index contributed by atoms with van der Waals surface area (Å²) in [6, 6.07) is 22.5. The molecule has 0 fully saturated rings. The highest BCUT2D eigenvalue weighted by molar-refractivity contribution is 6.18. The molecular weight excluding hydrogens is 390 g/mol. The third kappa shape index (κ3) is 3.65. The first-order valence-electron chi connectivity index (χ1n) is 9.61. The molecule has 0 unspecified atom stereocenters. The minimum atomic E-state index is -0.690. The zero-order valence-electron chi connectivity index (χ0n) is 17.0. The summed E-state index contributed by atoms with van der Waals surface area (Å²) in [5.41, 5.74) is 3.62. The molecule has 4 aromatic rings. The zero-order chi connectivity index (χ0) is 22.0. The fourth-order valence-electron chi connectivity index (χ4n) is 3.56. The van der Waals surface area contributed by atoms with Crippen LogP contribution in [0.5, 0.6) is 0 Å². The van der Waals surface area contributed by atoms with Gasteiger partial charge in [-0.3, -0.25) is 4.79 Å². The Balaban J connectivity index is 1.65. The van der Waals surface area contributed by atoms with E-state index in [2.05, 4.69) is 9.72 Å². The molecule has 0 spiro atoms. The van der Waals surface area contributed by atoms with Crippen molar-refractivity contribution in [2.75, 3.05) is 19.1 Å². The van der Waals surface area contributed by atoms with Crippen LogP contribution in [0.4, 0.5) is 5.69 Å². The third-order valence-corrected chi connectivity index (χ3v) is 5.19. The lowest BCUT2D eigenvalue weighted by atomic mass is 10.1. The third-order valence-electron chi connectivity index (χ3n) is 5.19. The predicted octanol–water partition coefficient (Wildman–Crippen LogP) is 4.68. The molecule has 4 rings (SSSR count). The second-order valence-corrected chi connectivity index (χ2v) is 7.02. The second-order valence-electron chi connectivity index (χ2n) is 7.02. The fourth-order valence-corrected chi connectivity index (χ4v) is 3.56. The van der Waals surface area contributed by atoms with E-state index in [1.165, 1.54) is 13.2 Å². The average molecular weight is 409 g/mol. The first-order chi connectivity index (χ1) is 15.0. The van der Waals surface area contributed by atoms with Gasteiger partial charge in [0.05, 0.1) is 18.2 Å². The number of amides is 1. The van der Waals surface area contributed by atoms with E-state index in [0.29, 0.717) is 16.8 Å². The van der Waals surface area contributed by atoms with Crippen LogP contribution in [0.1, 0.15) is 15.9 Å². The molecule has 31 heavy (non-hydrogen) atoms. The van der Waals surface area contributed by atoms with Gasteiger partial charge < -0.3 is 14.6 Å². The maximum atomic E-state index is 13.3. The lowest BCUT2D eigenvalue weighted by Crippen LogP contribution is -2.26. The zero-order valence-corrected chi connectivity index (χ0v) is 17.0. The van der Waals surface area contributed by atoms with Gasteiger partial charge in [-0.25, -0.2) is 4.79 Å². The number of nitrogens with zero attached hydrogens (tertiary/aromatic N) is 2. The molecule has 0 saturated heterocycles. The largest absolute Gasteiger partial charge is 0.465 e. The number of anilines is 1. The van der Waals surface area contributed by atoms with Gasteiger partial charge >= 0.3 is 5.97 Å². The summed E-state index contributed by atoms with van der Waals surface area (Å²) in [5, 5.41) is 11.2. The quantitative estimate of drug-likeness (QED) is 0.301. The molecule has 1 amide bonds. The highest BCUT2D eigenvalue weighted by Gasteiger charge is 2.18. The van der Waals surface area contributed by atoms with Gasteiger partial charge in [-0.1, -0.05) is 42.5 Å². The van der Waals surface area contributed by atoms with Gasteiger partial charge in [0.1, 0.15) is 11.6 Å². The molecule has 0 aliphatic carbocycles. The number of hydrogen-bond donors (Lipinski definition) is 1. The number of H-pyrrole nitrogens is 1. The smallest absolute Gasteiger partial charge is 0.348 e. The van der Waals surface area contributed by atoms with Crippen LogP contribution in [0.25, 0.3) is 27.9 Å². The van der Waals surface area contributed by atoms with E-state index in [-0.39, 0.29) is 11.5 Å². The minimum Gasteiger partial charge on any atom is -0.465 e. The van der Waals surface area contributed by atoms with Gasteiger partial charge in [0.2, 0.25) is 0 Å². The number of para-hydroxylation sites is 2. The van der Waals surface area contributed by atoms with Crippen LogP contribution in [0.3, 0.4) is 0 Å². The minimum absolute atomic E-state index is 0.0924. The summed E-state index contributed by atoms with van der Waals surface area (Å²) < 4.78 is 4.59. The van der Waals surface area contributed by atoms with Crippen molar-refractivity contribution in [2.24, 2.45) is 0 Å². The fraction of sp³-hybridized carbons (Fsp3) is 0.0800. The lowest BCUT2D eigenvalue weighted by Gasteiger charge is -2.18. The Bertz CT molecular complexity index is 1370.